The van der Waals surface area contributed by atoms with Crippen molar-refractivity contribution in [3.05, 3.63) is 29.6 Å². The van der Waals surface area contributed by atoms with Crippen LogP contribution in [0.25, 0.3) is 0 Å². The highest BCUT2D eigenvalue weighted by Gasteiger charge is 2.16. The third-order valence-corrected chi connectivity index (χ3v) is 4.62. The molecule has 1 heterocycles. The maximum Gasteiger partial charge on any atom is 0.144 e. The minimum atomic E-state index is -0.949. The van der Waals surface area contributed by atoms with Gasteiger partial charge in [0.15, 0.2) is 0 Å². The van der Waals surface area contributed by atoms with Gasteiger partial charge in [-0.1, -0.05) is 26.8 Å². The van der Waals surface area contributed by atoms with Crippen LogP contribution in [0.15, 0.2) is 18.3 Å². The van der Waals surface area contributed by atoms with Crippen LogP contribution >= 0.6 is 0 Å². The fourth-order valence-corrected chi connectivity index (χ4v) is 2.65. The second-order valence-electron chi connectivity index (χ2n) is 4.10. The van der Waals surface area contributed by atoms with Crippen LogP contribution in [-0.4, -0.2) is 14.4 Å². The molecule has 1 rings (SSSR count). The summed E-state index contributed by atoms with van der Waals surface area (Å²) in [5.74, 6) is 0.791. The predicted molar refractivity (Wildman–Crippen MR) is 65.1 cm³/mol. The Morgan fingerprint density at radius 2 is 2.19 bits per heavy atom. The summed E-state index contributed by atoms with van der Waals surface area (Å²) in [6.45, 7) is 6.08. The van der Waals surface area contributed by atoms with Crippen LogP contribution in [-0.2, 0) is 16.6 Å². The quantitative estimate of drug-likeness (QED) is 0.805. The molecular weight excluding hydrogens is 220 g/mol. The highest BCUT2D eigenvalue weighted by Crippen LogP contribution is 2.14. The molecule has 0 aliphatic carbocycles. The predicted octanol–water partition coefficient (Wildman–Crippen LogP) is 2.25. The van der Waals surface area contributed by atoms with Gasteiger partial charge in [-0.2, -0.15) is 5.26 Å². The molecule has 1 aromatic rings. The number of pyridine rings is 1. The lowest BCUT2D eigenvalue weighted by molar-refractivity contribution is 0.605. The summed E-state index contributed by atoms with van der Waals surface area (Å²) in [7, 11) is -0.949. The molecule has 0 fully saturated rings. The normalized spacial score (nSPS) is 14.4. The zero-order valence-electron chi connectivity index (χ0n) is 9.80. The Kier molecular flexibility index (Phi) is 4.63. The Balaban J connectivity index is 2.82. The Hall–Kier alpha value is -1.21. The van der Waals surface area contributed by atoms with Crippen molar-refractivity contribution in [3.63, 3.8) is 0 Å². The van der Waals surface area contributed by atoms with Gasteiger partial charge in [-0.05, 0) is 12.0 Å². The van der Waals surface area contributed by atoms with E-state index in [4.69, 9.17) is 5.26 Å². The third-order valence-electron chi connectivity index (χ3n) is 2.65. The molecule has 1 aromatic heterocycles. The first-order valence-corrected chi connectivity index (χ1v) is 6.65. The summed E-state index contributed by atoms with van der Waals surface area (Å²) < 4.78 is 12.0. The lowest BCUT2D eigenvalue weighted by atomic mass is 10.2. The van der Waals surface area contributed by atoms with Crippen LogP contribution in [0.1, 0.15) is 32.0 Å². The van der Waals surface area contributed by atoms with Crippen LogP contribution < -0.4 is 0 Å². The molecule has 0 aliphatic heterocycles. The van der Waals surface area contributed by atoms with Gasteiger partial charge in [-0.3, -0.25) is 4.21 Å². The summed E-state index contributed by atoms with van der Waals surface area (Å²) in [5, 5.41) is 9.00. The summed E-state index contributed by atoms with van der Waals surface area (Å²) >= 11 is 0. The van der Waals surface area contributed by atoms with E-state index in [1.165, 1.54) is 0 Å². The van der Waals surface area contributed by atoms with Crippen molar-refractivity contribution in [1.29, 1.82) is 5.26 Å². The molecule has 2 unspecified atom stereocenters. The van der Waals surface area contributed by atoms with Gasteiger partial charge in [0.25, 0.3) is 0 Å². The first kappa shape index (κ1) is 12.9. The number of rotatable bonds is 4. The second kappa shape index (κ2) is 5.76. The van der Waals surface area contributed by atoms with Crippen molar-refractivity contribution in [2.45, 2.75) is 31.8 Å². The van der Waals surface area contributed by atoms with E-state index in [-0.39, 0.29) is 5.25 Å². The van der Waals surface area contributed by atoms with E-state index in [2.05, 4.69) is 18.8 Å². The third kappa shape index (κ3) is 3.14. The summed E-state index contributed by atoms with van der Waals surface area (Å²) in [5.41, 5.74) is 1.16. The molecule has 2 atom stereocenters. The van der Waals surface area contributed by atoms with Gasteiger partial charge in [-0.25, -0.2) is 4.98 Å². The molecule has 0 amide bonds. The van der Waals surface area contributed by atoms with E-state index in [0.717, 1.165) is 5.56 Å². The average Bonchev–Trinajstić information content (AvgIpc) is 2.28. The van der Waals surface area contributed by atoms with Crippen molar-refractivity contribution in [3.8, 4) is 6.07 Å². The van der Waals surface area contributed by atoms with E-state index in [1.54, 1.807) is 12.3 Å². The van der Waals surface area contributed by atoms with Gasteiger partial charge in [0.1, 0.15) is 11.8 Å². The fraction of sp³-hybridized carbons (Fsp3) is 0.500. The lowest BCUT2D eigenvalue weighted by Gasteiger charge is -2.15. The summed E-state index contributed by atoms with van der Waals surface area (Å²) in [6, 6.07) is 5.61. The van der Waals surface area contributed by atoms with Gasteiger partial charge < -0.3 is 0 Å². The Morgan fingerprint density at radius 1 is 1.50 bits per heavy atom. The largest absolute Gasteiger partial charge is 0.259 e. The average molecular weight is 236 g/mol. The van der Waals surface area contributed by atoms with Crippen molar-refractivity contribution < 1.29 is 4.21 Å². The van der Waals surface area contributed by atoms with E-state index in [9.17, 15) is 4.21 Å². The van der Waals surface area contributed by atoms with Crippen molar-refractivity contribution in [2.75, 3.05) is 0 Å². The monoisotopic (exact) mass is 236 g/mol. The van der Waals surface area contributed by atoms with Crippen molar-refractivity contribution in [2.24, 2.45) is 5.92 Å². The lowest BCUT2D eigenvalue weighted by Crippen LogP contribution is -2.19. The van der Waals surface area contributed by atoms with Gasteiger partial charge in [0.05, 0.1) is 5.75 Å². The number of nitrogens with zero attached hydrogens (tertiary/aromatic N) is 2. The SMILES string of the molecule is CC(C)C(C)S(=O)Cc1cccnc1C#N. The molecule has 0 N–H and O–H groups in total. The maximum absolute atomic E-state index is 12.0. The standard InChI is InChI=1S/C12H16N2OS/c1-9(2)10(3)16(15)8-11-5-4-6-14-12(11)7-13/h4-6,9-10H,8H2,1-3H3. The number of hydrogen-bond acceptors (Lipinski definition) is 3. The first-order valence-electron chi connectivity index (χ1n) is 5.27. The topological polar surface area (TPSA) is 53.8 Å². The Labute approximate surface area is 99.0 Å². The zero-order chi connectivity index (χ0) is 12.1. The van der Waals surface area contributed by atoms with E-state index >= 15 is 0 Å². The molecule has 0 aromatic carbocycles. The van der Waals surface area contributed by atoms with Gasteiger partial charge in [0, 0.05) is 27.8 Å². The Morgan fingerprint density at radius 3 is 2.75 bits per heavy atom. The minimum absolute atomic E-state index is 0.131. The zero-order valence-corrected chi connectivity index (χ0v) is 10.6. The number of hydrogen-bond donors (Lipinski definition) is 0. The van der Waals surface area contributed by atoms with E-state index in [1.807, 2.05) is 19.1 Å². The van der Waals surface area contributed by atoms with E-state index < -0.39 is 10.8 Å². The number of nitriles is 1. The molecule has 0 saturated heterocycles. The maximum atomic E-state index is 12.0. The molecular formula is C12H16N2OS. The summed E-state index contributed by atoms with van der Waals surface area (Å²) in [4.78, 5) is 3.96. The molecule has 3 nitrogen and oxygen atoms in total. The van der Waals surface area contributed by atoms with Crippen LogP contribution in [0.5, 0.6) is 0 Å². The molecule has 0 radical (unpaired) electrons. The fourth-order valence-electron chi connectivity index (χ4n) is 1.24. The van der Waals surface area contributed by atoms with Crippen LogP contribution in [0.4, 0.5) is 0 Å². The molecule has 0 aliphatic rings. The van der Waals surface area contributed by atoms with Crippen LogP contribution in [0, 0.1) is 17.2 Å². The molecule has 0 spiro atoms. The molecule has 0 saturated carbocycles. The summed E-state index contributed by atoms with van der Waals surface area (Å²) in [6.07, 6.45) is 1.58. The minimum Gasteiger partial charge on any atom is -0.259 e. The van der Waals surface area contributed by atoms with E-state index in [0.29, 0.717) is 17.4 Å². The van der Waals surface area contributed by atoms with Crippen molar-refractivity contribution >= 4 is 10.8 Å². The van der Waals surface area contributed by atoms with Gasteiger partial charge in [-0.15, -0.1) is 0 Å². The highest BCUT2D eigenvalue weighted by molar-refractivity contribution is 7.84. The van der Waals surface area contributed by atoms with Crippen molar-refractivity contribution in [1.82, 2.24) is 4.98 Å². The molecule has 16 heavy (non-hydrogen) atoms. The smallest absolute Gasteiger partial charge is 0.144 e. The van der Waals surface area contributed by atoms with Gasteiger partial charge in [0.2, 0.25) is 0 Å². The second-order valence-corrected chi connectivity index (χ2v) is 5.89. The molecule has 0 bridgehead atoms. The molecule has 4 heteroatoms. The first-order chi connectivity index (χ1) is 7.56. The van der Waals surface area contributed by atoms with Crippen LogP contribution in [0.2, 0.25) is 0 Å². The van der Waals surface area contributed by atoms with Gasteiger partial charge >= 0.3 is 0 Å². The highest BCUT2D eigenvalue weighted by atomic mass is 32.2. The molecule has 86 valence electrons. The van der Waals surface area contributed by atoms with Crippen LogP contribution in [0.3, 0.4) is 0 Å². The Bertz CT molecular complexity index is 423. The number of aromatic nitrogens is 1.